The number of carbonyl (C=O) groups is 1. The van der Waals surface area contributed by atoms with E-state index in [-0.39, 0.29) is 17.9 Å². The number of rotatable bonds is 6. The van der Waals surface area contributed by atoms with Gasteiger partial charge in [-0.25, -0.2) is 4.79 Å². The molecule has 0 aliphatic carbocycles. The Morgan fingerprint density at radius 2 is 2.31 bits per heavy atom. The Kier molecular flexibility index (Phi) is 6.44. The molecule has 2 atom stereocenters. The third-order valence-electron chi connectivity index (χ3n) is 1.63. The molecule has 0 aromatic heterocycles. The van der Waals surface area contributed by atoms with Crippen LogP contribution in [0.15, 0.2) is 12.3 Å². The Morgan fingerprint density at radius 1 is 1.69 bits per heavy atom. The van der Waals surface area contributed by atoms with E-state index in [4.69, 9.17) is 10.2 Å². The molecule has 76 valence electrons. The number of thioether (sulfide) groups is 1. The zero-order chi connectivity index (χ0) is 10.3. The molecule has 2 unspecified atom stereocenters. The average molecular weight is 205 g/mol. The summed E-state index contributed by atoms with van der Waals surface area (Å²) >= 11 is 1.54. The molecule has 13 heavy (non-hydrogen) atoms. The van der Waals surface area contributed by atoms with Crippen LogP contribution in [0.2, 0.25) is 0 Å². The van der Waals surface area contributed by atoms with Crippen LogP contribution in [0.4, 0.5) is 0 Å². The molecule has 0 amide bonds. The summed E-state index contributed by atoms with van der Waals surface area (Å²) in [6, 6.07) is 0.0515. The lowest BCUT2D eigenvalue weighted by molar-refractivity contribution is -0.131. The van der Waals surface area contributed by atoms with Gasteiger partial charge in [0.05, 0.1) is 6.61 Å². The molecular formula is C8H15NO3S. The van der Waals surface area contributed by atoms with Crippen LogP contribution in [0.3, 0.4) is 0 Å². The molecule has 0 saturated heterocycles. The molecule has 0 spiro atoms. The quantitative estimate of drug-likeness (QED) is 0.544. The maximum absolute atomic E-state index is 10.1. The minimum atomic E-state index is -0.982. The second kappa shape index (κ2) is 6.80. The summed E-state index contributed by atoms with van der Waals surface area (Å²) in [7, 11) is 0. The van der Waals surface area contributed by atoms with Gasteiger partial charge in [-0.3, -0.25) is 0 Å². The van der Waals surface area contributed by atoms with Gasteiger partial charge in [0.1, 0.15) is 0 Å². The molecule has 0 bridgehead atoms. The first-order chi connectivity index (χ1) is 6.11. The van der Waals surface area contributed by atoms with E-state index in [1.807, 2.05) is 13.2 Å². The van der Waals surface area contributed by atoms with Gasteiger partial charge in [-0.15, -0.1) is 0 Å². The van der Waals surface area contributed by atoms with Gasteiger partial charge in [-0.05, 0) is 13.2 Å². The van der Waals surface area contributed by atoms with Crippen LogP contribution in [0.5, 0.6) is 0 Å². The Labute approximate surface area is 82.0 Å². The van der Waals surface area contributed by atoms with Crippen molar-refractivity contribution in [3.8, 4) is 0 Å². The van der Waals surface area contributed by atoms with E-state index in [2.05, 4.69) is 5.32 Å². The highest BCUT2D eigenvalue weighted by Gasteiger charge is 2.12. The van der Waals surface area contributed by atoms with Crippen molar-refractivity contribution < 1.29 is 15.0 Å². The lowest BCUT2D eigenvalue weighted by Crippen LogP contribution is -2.34. The zero-order valence-corrected chi connectivity index (χ0v) is 8.54. The second-order valence-corrected chi connectivity index (χ2v) is 3.66. The molecule has 4 nitrogen and oxygen atoms in total. The first-order valence-electron chi connectivity index (χ1n) is 3.91. The molecule has 0 rings (SSSR count). The van der Waals surface area contributed by atoms with Crippen molar-refractivity contribution in [2.45, 2.75) is 18.2 Å². The largest absolute Gasteiger partial charge is 0.478 e. The summed E-state index contributed by atoms with van der Waals surface area (Å²) in [4.78, 5) is 10.1. The van der Waals surface area contributed by atoms with Gasteiger partial charge in [0, 0.05) is 23.6 Å². The lowest BCUT2D eigenvalue weighted by atomic mass is 10.2. The highest BCUT2D eigenvalue weighted by atomic mass is 32.2. The predicted octanol–water partition coefficient (Wildman–Crippen LogP) is 0.287. The molecule has 0 fully saturated rings. The fourth-order valence-corrected chi connectivity index (χ4v) is 1.45. The predicted molar refractivity (Wildman–Crippen MR) is 53.8 cm³/mol. The number of aliphatic carboxylic acids is 1. The van der Waals surface area contributed by atoms with Crippen LogP contribution >= 0.6 is 11.8 Å². The van der Waals surface area contributed by atoms with E-state index in [1.54, 1.807) is 11.8 Å². The molecule has 0 saturated carbocycles. The molecule has 0 aromatic carbocycles. The number of aliphatic hydroxyl groups is 1. The van der Waals surface area contributed by atoms with E-state index in [9.17, 15) is 4.79 Å². The summed E-state index contributed by atoms with van der Waals surface area (Å²) in [6.07, 6.45) is 4.32. The van der Waals surface area contributed by atoms with Crippen molar-refractivity contribution >= 4 is 17.7 Å². The fourth-order valence-electron chi connectivity index (χ4n) is 0.815. The highest BCUT2D eigenvalue weighted by molar-refractivity contribution is 7.99. The molecule has 0 aliphatic heterocycles. The molecule has 0 heterocycles. The number of aliphatic hydroxyl groups excluding tert-OH is 1. The molecule has 0 radical (unpaired) electrons. The summed E-state index contributed by atoms with van der Waals surface area (Å²) < 4.78 is 0. The third-order valence-corrected chi connectivity index (χ3v) is 2.79. The van der Waals surface area contributed by atoms with Crippen molar-refractivity contribution in [2.75, 3.05) is 12.9 Å². The van der Waals surface area contributed by atoms with Gasteiger partial charge >= 0.3 is 5.97 Å². The number of hydrogen-bond acceptors (Lipinski definition) is 4. The smallest absolute Gasteiger partial charge is 0.329 e. The molecular weight excluding hydrogens is 190 g/mol. The minimum absolute atomic E-state index is 0.0515. The highest BCUT2D eigenvalue weighted by Crippen LogP contribution is 2.09. The van der Waals surface area contributed by atoms with Gasteiger partial charge in [0.15, 0.2) is 0 Å². The van der Waals surface area contributed by atoms with Crippen molar-refractivity contribution in [3.05, 3.63) is 12.3 Å². The normalized spacial score (nSPS) is 15.6. The Hall–Kier alpha value is -0.680. The van der Waals surface area contributed by atoms with Crippen LogP contribution in [-0.4, -0.2) is 40.3 Å². The van der Waals surface area contributed by atoms with Crippen LogP contribution < -0.4 is 5.32 Å². The number of carboxylic acid groups (broad SMARTS) is 1. The standard InChI is InChI=1S/C8H15NO3S/c1-6(7(5-10)13-2)9-4-3-8(11)12/h3-4,6-7,9-10H,5H2,1-2H3,(H,11,12)/b4-3+. The SMILES string of the molecule is CSC(CO)C(C)N/C=C/C(=O)O. The maximum atomic E-state index is 10.1. The summed E-state index contributed by atoms with van der Waals surface area (Å²) in [5.41, 5.74) is 0. The van der Waals surface area contributed by atoms with E-state index < -0.39 is 5.97 Å². The zero-order valence-electron chi connectivity index (χ0n) is 7.73. The topological polar surface area (TPSA) is 69.6 Å². The van der Waals surface area contributed by atoms with E-state index >= 15 is 0 Å². The van der Waals surface area contributed by atoms with Crippen LogP contribution in [0.1, 0.15) is 6.92 Å². The summed E-state index contributed by atoms with van der Waals surface area (Å²) in [6.45, 7) is 1.97. The van der Waals surface area contributed by atoms with Crippen LogP contribution in [0.25, 0.3) is 0 Å². The lowest BCUT2D eigenvalue weighted by Gasteiger charge is -2.19. The van der Waals surface area contributed by atoms with E-state index in [0.29, 0.717) is 0 Å². The van der Waals surface area contributed by atoms with Gasteiger partial charge in [-0.2, -0.15) is 11.8 Å². The summed E-state index contributed by atoms with van der Waals surface area (Å²) in [5.74, 6) is -0.982. The molecule has 3 N–H and O–H groups in total. The molecule has 0 aliphatic rings. The van der Waals surface area contributed by atoms with E-state index in [0.717, 1.165) is 6.08 Å². The van der Waals surface area contributed by atoms with Gasteiger partial charge in [0.25, 0.3) is 0 Å². The third kappa shape index (κ3) is 5.54. The Bertz CT molecular complexity index is 180. The van der Waals surface area contributed by atoms with E-state index in [1.165, 1.54) is 6.20 Å². The first kappa shape index (κ1) is 12.3. The van der Waals surface area contributed by atoms with Gasteiger partial charge in [0.2, 0.25) is 0 Å². The van der Waals surface area contributed by atoms with Crippen molar-refractivity contribution in [1.82, 2.24) is 5.32 Å². The number of hydrogen-bond donors (Lipinski definition) is 3. The van der Waals surface area contributed by atoms with Crippen LogP contribution in [-0.2, 0) is 4.79 Å². The Balaban J connectivity index is 3.84. The molecule has 0 aromatic rings. The maximum Gasteiger partial charge on any atom is 0.329 e. The fraction of sp³-hybridized carbons (Fsp3) is 0.625. The van der Waals surface area contributed by atoms with Gasteiger partial charge in [-0.1, -0.05) is 0 Å². The van der Waals surface area contributed by atoms with Crippen molar-refractivity contribution in [1.29, 1.82) is 0 Å². The van der Waals surface area contributed by atoms with Gasteiger partial charge < -0.3 is 15.5 Å². The first-order valence-corrected chi connectivity index (χ1v) is 5.19. The number of carboxylic acids is 1. The number of nitrogens with one attached hydrogen (secondary N) is 1. The second-order valence-electron chi connectivity index (χ2n) is 2.58. The summed E-state index contributed by atoms with van der Waals surface area (Å²) in [5, 5.41) is 20.2. The monoisotopic (exact) mass is 205 g/mol. The van der Waals surface area contributed by atoms with Crippen molar-refractivity contribution in [2.24, 2.45) is 0 Å². The Morgan fingerprint density at radius 3 is 2.69 bits per heavy atom. The minimum Gasteiger partial charge on any atom is -0.478 e. The average Bonchev–Trinajstić information content (AvgIpc) is 2.05. The molecule has 5 heteroatoms. The van der Waals surface area contributed by atoms with Crippen LogP contribution in [0, 0.1) is 0 Å². The van der Waals surface area contributed by atoms with Crippen molar-refractivity contribution in [3.63, 3.8) is 0 Å².